The number of rotatable bonds is 7. The molecule has 0 bridgehead atoms. The van der Waals surface area contributed by atoms with Crippen LogP contribution >= 0.6 is 11.8 Å². The number of nitrogens with zero attached hydrogens (tertiary/aromatic N) is 4. The maximum absolute atomic E-state index is 6.02. The summed E-state index contributed by atoms with van der Waals surface area (Å²) in [5.41, 5.74) is 8.12. The van der Waals surface area contributed by atoms with Gasteiger partial charge in [0.1, 0.15) is 5.03 Å². The van der Waals surface area contributed by atoms with Crippen molar-refractivity contribution in [3.05, 3.63) is 60.6 Å². The molecule has 3 N–H and O–H groups in total. The fourth-order valence-corrected chi connectivity index (χ4v) is 3.52. The molecule has 7 heteroatoms. The highest BCUT2D eigenvalue weighted by Crippen LogP contribution is 2.24. The second kappa shape index (κ2) is 9.85. The van der Waals surface area contributed by atoms with Crippen molar-refractivity contribution >= 4 is 39.3 Å². The molecular weight excluding hydrogens is 368 g/mol. The Morgan fingerprint density at radius 2 is 2.18 bits per heavy atom. The predicted octanol–water partition coefficient (Wildman–Crippen LogP) is 5.04. The molecule has 0 aliphatic heterocycles. The lowest BCUT2D eigenvalue weighted by molar-refractivity contribution is 1.000. The molecular formula is C21H24N6S. The number of nitrogens with two attached hydrogens (primary N) is 1. The molecule has 28 heavy (non-hydrogen) atoms. The third-order valence-electron chi connectivity index (χ3n) is 3.96. The van der Waals surface area contributed by atoms with Crippen LogP contribution in [0.15, 0.2) is 65.0 Å². The fourth-order valence-electron chi connectivity index (χ4n) is 2.62. The van der Waals surface area contributed by atoms with Crippen LogP contribution in [0.2, 0.25) is 0 Å². The first kappa shape index (κ1) is 19.8. The Bertz CT molecular complexity index is 999. The molecule has 0 amide bonds. The third kappa shape index (κ3) is 5.29. The van der Waals surface area contributed by atoms with Crippen molar-refractivity contribution in [2.75, 3.05) is 11.1 Å². The SMILES string of the molecule is CC=CN=C(CCC)Sc1cnc(N)c(NCc2ccc3ncccc3c2)n1. The standard InChI is InChI=1S/C21H24N6S/c1-3-6-18(24-10-4-2)28-19-14-25-20(22)21(27-19)26-13-15-8-9-17-16(12-15)7-5-11-23-17/h4-5,7-12,14H,3,6,13H2,1-2H3,(H2,22,25)(H,26,27). The van der Waals surface area contributed by atoms with Crippen LogP contribution in [0.3, 0.4) is 0 Å². The predicted molar refractivity (Wildman–Crippen MR) is 119 cm³/mol. The number of hydrogen-bond acceptors (Lipinski definition) is 7. The highest BCUT2D eigenvalue weighted by atomic mass is 32.2. The molecule has 3 aromatic rings. The van der Waals surface area contributed by atoms with E-state index in [4.69, 9.17) is 5.73 Å². The van der Waals surface area contributed by atoms with Gasteiger partial charge in [0, 0.05) is 24.3 Å². The summed E-state index contributed by atoms with van der Waals surface area (Å²) in [5.74, 6) is 0.965. The molecule has 0 unspecified atom stereocenters. The van der Waals surface area contributed by atoms with E-state index in [2.05, 4.69) is 44.3 Å². The summed E-state index contributed by atoms with van der Waals surface area (Å²) >= 11 is 1.52. The molecule has 0 fully saturated rings. The maximum Gasteiger partial charge on any atom is 0.170 e. The van der Waals surface area contributed by atoms with Gasteiger partial charge in [0.25, 0.3) is 0 Å². The molecule has 0 atom stereocenters. The van der Waals surface area contributed by atoms with Gasteiger partial charge in [0.05, 0.1) is 16.8 Å². The van der Waals surface area contributed by atoms with Crippen molar-refractivity contribution in [3.8, 4) is 0 Å². The van der Waals surface area contributed by atoms with Gasteiger partial charge in [-0.05, 0) is 37.1 Å². The summed E-state index contributed by atoms with van der Waals surface area (Å²) in [5, 5.41) is 6.18. The Morgan fingerprint density at radius 3 is 3.00 bits per heavy atom. The van der Waals surface area contributed by atoms with Crippen molar-refractivity contribution in [3.63, 3.8) is 0 Å². The molecule has 0 aliphatic rings. The average molecular weight is 393 g/mol. The lowest BCUT2D eigenvalue weighted by Gasteiger charge is -2.10. The second-order valence-electron chi connectivity index (χ2n) is 6.18. The number of thioether (sulfide) groups is 1. The minimum absolute atomic E-state index is 0.384. The van der Waals surface area contributed by atoms with E-state index in [9.17, 15) is 0 Å². The van der Waals surface area contributed by atoms with Crippen molar-refractivity contribution in [2.45, 2.75) is 38.3 Å². The van der Waals surface area contributed by atoms with Crippen molar-refractivity contribution in [1.82, 2.24) is 15.0 Å². The van der Waals surface area contributed by atoms with E-state index in [0.29, 0.717) is 18.2 Å². The molecule has 0 saturated heterocycles. The Labute approximate surface area is 169 Å². The molecule has 0 radical (unpaired) electrons. The van der Waals surface area contributed by atoms with Crippen LogP contribution in [0.1, 0.15) is 32.3 Å². The van der Waals surface area contributed by atoms with Gasteiger partial charge in [0.2, 0.25) is 0 Å². The normalized spacial score (nSPS) is 12.0. The molecule has 2 heterocycles. The van der Waals surface area contributed by atoms with Crippen LogP contribution in [0, 0.1) is 0 Å². The summed E-state index contributed by atoms with van der Waals surface area (Å²) in [7, 11) is 0. The minimum Gasteiger partial charge on any atom is -0.381 e. The molecule has 0 saturated carbocycles. The van der Waals surface area contributed by atoms with Crippen LogP contribution in [0.4, 0.5) is 11.6 Å². The monoisotopic (exact) mass is 392 g/mol. The van der Waals surface area contributed by atoms with Gasteiger partial charge in [-0.25, -0.2) is 9.97 Å². The summed E-state index contributed by atoms with van der Waals surface area (Å²) in [4.78, 5) is 17.7. The van der Waals surface area contributed by atoms with Crippen LogP contribution in [-0.2, 0) is 6.54 Å². The summed E-state index contributed by atoms with van der Waals surface area (Å²) in [6.07, 6.45) is 9.12. The topological polar surface area (TPSA) is 89.1 Å². The zero-order chi connectivity index (χ0) is 19.8. The molecule has 0 spiro atoms. The zero-order valence-electron chi connectivity index (χ0n) is 16.1. The molecule has 2 aromatic heterocycles. The Hall–Kier alpha value is -2.93. The number of allylic oxidation sites excluding steroid dienone is 1. The number of anilines is 2. The lowest BCUT2D eigenvalue weighted by atomic mass is 10.1. The highest BCUT2D eigenvalue weighted by Gasteiger charge is 2.08. The Kier molecular flexibility index (Phi) is 6.97. The van der Waals surface area contributed by atoms with Gasteiger partial charge < -0.3 is 11.1 Å². The third-order valence-corrected chi connectivity index (χ3v) is 4.91. The van der Waals surface area contributed by atoms with Gasteiger partial charge in [-0.15, -0.1) is 0 Å². The lowest BCUT2D eigenvalue weighted by Crippen LogP contribution is -2.07. The van der Waals surface area contributed by atoms with Gasteiger partial charge in [-0.1, -0.05) is 43.3 Å². The number of nitrogen functional groups attached to an aromatic ring is 1. The van der Waals surface area contributed by atoms with E-state index >= 15 is 0 Å². The Morgan fingerprint density at radius 1 is 1.29 bits per heavy atom. The van der Waals surface area contributed by atoms with Crippen LogP contribution in [-0.4, -0.2) is 20.0 Å². The minimum atomic E-state index is 0.384. The number of benzene rings is 1. The first-order valence-electron chi connectivity index (χ1n) is 9.25. The van der Waals surface area contributed by atoms with Gasteiger partial charge in [-0.3, -0.25) is 9.98 Å². The van der Waals surface area contributed by atoms with E-state index < -0.39 is 0 Å². The molecule has 1 aromatic carbocycles. The largest absolute Gasteiger partial charge is 0.381 e. The number of aromatic nitrogens is 3. The molecule has 3 rings (SSSR count). The summed E-state index contributed by atoms with van der Waals surface area (Å²) < 4.78 is 0. The van der Waals surface area contributed by atoms with Crippen LogP contribution < -0.4 is 11.1 Å². The summed E-state index contributed by atoms with van der Waals surface area (Å²) in [6, 6.07) is 10.2. The number of nitrogens with one attached hydrogen (secondary N) is 1. The van der Waals surface area contributed by atoms with E-state index in [1.807, 2.05) is 31.2 Å². The van der Waals surface area contributed by atoms with Gasteiger partial charge >= 0.3 is 0 Å². The summed E-state index contributed by atoms with van der Waals surface area (Å²) in [6.45, 7) is 4.68. The first-order chi connectivity index (χ1) is 13.7. The smallest absolute Gasteiger partial charge is 0.170 e. The molecule has 6 nitrogen and oxygen atoms in total. The molecule has 0 aliphatic carbocycles. The van der Waals surface area contributed by atoms with E-state index in [1.54, 1.807) is 18.6 Å². The van der Waals surface area contributed by atoms with Gasteiger partial charge in [-0.2, -0.15) is 0 Å². The quantitative estimate of drug-likeness (QED) is 0.332. The van der Waals surface area contributed by atoms with Crippen molar-refractivity contribution in [1.29, 1.82) is 0 Å². The number of fused-ring (bicyclic) bond motifs is 1. The Balaban J connectivity index is 1.73. The van der Waals surface area contributed by atoms with Crippen LogP contribution in [0.25, 0.3) is 10.9 Å². The number of pyridine rings is 1. The van der Waals surface area contributed by atoms with Crippen molar-refractivity contribution < 1.29 is 0 Å². The number of aliphatic imine (C=N–C) groups is 1. The van der Waals surface area contributed by atoms with E-state index in [1.165, 1.54) is 11.8 Å². The van der Waals surface area contributed by atoms with E-state index in [-0.39, 0.29) is 0 Å². The second-order valence-corrected chi connectivity index (χ2v) is 7.28. The first-order valence-corrected chi connectivity index (χ1v) is 10.1. The highest BCUT2D eigenvalue weighted by molar-refractivity contribution is 8.13. The van der Waals surface area contributed by atoms with Gasteiger partial charge in [0.15, 0.2) is 11.6 Å². The zero-order valence-corrected chi connectivity index (χ0v) is 16.9. The van der Waals surface area contributed by atoms with Crippen LogP contribution in [0.5, 0.6) is 0 Å². The maximum atomic E-state index is 6.02. The van der Waals surface area contributed by atoms with E-state index in [0.717, 1.165) is 39.4 Å². The number of hydrogen-bond donors (Lipinski definition) is 2. The van der Waals surface area contributed by atoms with Crippen molar-refractivity contribution in [2.24, 2.45) is 4.99 Å². The molecule has 144 valence electrons. The average Bonchev–Trinajstić information content (AvgIpc) is 2.72. The fraction of sp³-hybridized carbons (Fsp3) is 0.238.